The van der Waals surface area contributed by atoms with Crippen molar-refractivity contribution in [3.63, 3.8) is 0 Å². The maximum absolute atomic E-state index is 10.6. The van der Waals surface area contributed by atoms with E-state index in [1.165, 1.54) is 0 Å². The molecule has 1 N–H and O–H groups in total. The fourth-order valence-corrected chi connectivity index (χ4v) is 1.84. The number of piperidine rings is 1. The van der Waals surface area contributed by atoms with E-state index in [9.17, 15) is 4.79 Å². The summed E-state index contributed by atoms with van der Waals surface area (Å²) >= 11 is 0. The Hall–Kier alpha value is -2.11. The van der Waals surface area contributed by atoms with Crippen LogP contribution >= 0.6 is 0 Å². The van der Waals surface area contributed by atoms with Crippen molar-refractivity contribution < 1.29 is 14.6 Å². The smallest absolute Gasteiger partial charge is 0.450 e. The summed E-state index contributed by atoms with van der Waals surface area (Å²) in [4.78, 5) is 14.7. The van der Waals surface area contributed by atoms with Gasteiger partial charge in [-0.15, -0.1) is 0 Å². The van der Waals surface area contributed by atoms with Crippen LogP contribution in [-0.2, 0) is 4.74 Å². The number of ether oxygens (including phenoxy) is 1. The molecule has 2 rings (SSSR count). The molecule has 1 aliphatic rings. The maximum atomic E-state index is 10.6. The Morgan fingerprint density at radius 3 is 3.17 bits per heavy atom. The SMILES string of the molecule is O=C(O)OC1CCCCN1/N=C/c1ccccn1. The van der Waals surface area contributed by atoms with Crippen LogP contribution in [0.5, 0.6) is 0 Å². The van der Waals surface area contributed by atoms with E-state index >= 15 is 0 Å². The highest BCUT2D eigenvalue weighted by Gasteiger charge is 2.24. The average Bonchev–Trinajstić information content (AvgIpc) is 2.38. The van der Waals surface area contributed by atoms with Gasteiger partial charge in [-0.2, -0.15) is 5.10 Å². The minimum Gasteiger partial charge on any atom is -0.450 e. The van der Waals surface area contributed by atoms with E-state index in [0.29, 0.717) is 13.0 Å². The van der Waals surface area contributed by atoms with Crippen molar-refractivity contribution in [1.29, 1.82) is 0 Å². The summed E-state index contributed by atoms with van der Waals surface area (Å²) < 4.78 is 4.80. The van der Waals surface area contributed by atoms with E-state index in [1.54, 1.807) is 17.4 Å². The van der Waals surface area contributed by atoms with Gasteiger partial charge in [-0.1, -0.05) is 6.07 Å². The zero-order chi connectivity index (χ0) is 12.8. The molecule has 0 spiro atoms. The van der Waals surface area contributed by atoms with Gasteiger partial charge >= 0.3 is 6.16 Å². The number of nitrogens with zero attached hydrogens (tertiary/aromatic N) is 3. The van der Waals surface area contributed by atoms with Crippen LogP contribution in [0, 0.1) is 0 Å². The molecule has 96 valence electrons. The molecule has 0 saturated carbocycles. The predicted molar refractivity (Wildman–Crippen MR) is 65.3 cm³/mol. The van der Waals surface area contributed by atoms with E-state index in [2.05, 4.69) is 10.1 Å². The Bertz CT molecular complexity index is 422. The number of hydrogen-bond donors (Lipinski definition) is 1. The van der Waals surface area contributed by atoms with Gasteiger partial charge in [0.05, 0.1) is 11.9 Å². The lowest BCUT2D eigenvalue weighted by Crippen LogP contribution is -2.38. The number of carbonyl (C=O) groups is 1. The third-order valence-corrected chi connectivity index (χ3v) is 2.68. The van der Waals surface area contributed by atoms with Crippen molar-refractivity contribution in [2.45, 2.75) is 25.5 Å². The third kappa shape index (κ3) is 3.44. The summed E-state index contributed by atoms with van der Waals surface area (Å²) in [5.41, 5.74) is 0.733. The first kappa shape index (κ1) is 12.3. The molecule has 2 heterocycles. The lowest BCUT2D eigenvalue weighted by atomic mass is 10.1. The number of rotatable bonds is 3. The molecular formula is C12H15N3O3. The number of carboxylic acid groups (broad SMARTS) is 1. The Morgan fingerprint density at radius 1 is 1.56 bits per heavy atom. The molecule has 18 heavy (non-hydrogen) atoms. The lowest BCUT2D eigenvalue weighted by molar-refractivity contribution is -0.0538. The number of hydrazone groups is 1. The molecular weight excluding hydrogens is 234 g/mol. The molecule has 0 amide bonds. The van der Waals surface area contributed by atoms with Crippen molar-refractivity contribution in [1.82, 2.24) is 9.99 Å². The number of aromatic nitrogens is 1. The van der Waals surface area contributed by atoms with Gasteiger partial charge in [-0.3, -0.25) is 9.99 Å². The number of pyridine rings is 1. The van der Waals surface area contributed by atoms with E-state index in [0.717, 1.165) is 18.5 Å². The molecule has 1 saturated heterocycles. The highest BCUT2D eigenvalue weighted by Crippen LogP contribution is 2.18. The summed E-state index contributed by atoms with van der Waals surface area (Å²) in [5.74, 6) is 0. The van der Waals surface area contributed by atoms with E-state index in [4.69, 9.17) is 9.84 Å². The van der Waals surface area contributed by atoms with Crippen molar-refractivity contribution in [2.24, 2.45) is 5.10 Å². The molecule has 6 nitrogen and oxygen atoms in total. The van der Waals surface area contributed by atoms with Crippen LogP contribution in [0.15, 0.2) is 29.5 Å². The summed E-state index contributed by atoms with van der Waals surface area (Å²) in [5, 5.41) is 14.6. The summed E-state index contributed by atoms with van der Waals surface area (Å²) in [7, 11) is 0. The van der Waals surface area contributed by atoms with Gasteiger partial charge < -0.3 is 9.84 Å². The molecule has 1 unspecified atom stereocenters. The molecule has 1 aliphatic heterocycles. The highest BCUT2D eigenvalue weighted by molar-refractivity contribution is 5.76. The Labute approximate surface area is 105 Å². The van der Waals surface area contributed by atoms with Crippen LogP contribution in [-0.4, -0.2) is 40.2 Å². The largest absolute Gasteiger partial charge is 0.507 e. The van der Waals surface area contributed by atoms with E-state index in [1.807, 2.05) is 18.2 Å². The molecule has 1 aromatic rings. The molecule has 6 heteroatoms. The van der Waals surface area contributed by atoms with E-state index in [-0.39, 0.29) is 0 Å². The topological polar surface area (TPSA) is 75.0 Å². The molecule has 1 fully saturated rings. The standard InChI is InChI=1S/C12H15N3O3/c16-12(17)18-11-6-2-4-8-15(11)14-9-10-5-1-3-7-13-10/h1,3,5,7,9,11H,2,4,6,8H2,(H,16,17)/b14-9+. The zero-order valence-corrected chi connectivity index (χ0v) is 9.90. The first-order valence-electron chi connectivity index (χ1n) is 5.87. The second-order valence-corrected chi connectivity index (χ2v) is 4.00. The van der Waals surface area contributed by atoms with Crippen molar-refractivity contribution >= 4 is 12.4 Å². The number of hydrogen-bond acceptors (Lipinski definition) is 5. The summed E-state index contributed by atoms with van der Waals surface area (Å²) in [6, 6.07) is 5.53. The summed E-state index contributed by atoms with van der Waals surface area (Å²) in [6.45, 7) is 0.696. The normalized spacial score (nSPS) is 20.0. The second-order valence-electron chi connectivity index (χ2n) is 4.00. The lowest BCUT2D eigenvalue weighted by Gasteiger charge is -2.31. The summed E-state index contributed by atoms with van der Waals surface area (Å²) in [6.07, 6.45) is 4.15. The fourth-order valence-electron chi connectivity index (χ4n) is 1.84. The van der Waals surface area contributed by atoms with Crippen molar-refractivity contribution in [3.8, 4) is 0 Å². The molecule has 0 radical (unpaired) electrons. The minimum absolute atomic E-state index is 0.490. The Balaban J connectivity index is 2.01. The van der Waals surface area contributed by atoms with Gasteiger partial charge in [0.15, 0.2) is 6.23 Å². The van der Waals surface area contributed by atoms with Crippen molar-refractivity contribution in [3.05, 3.63) is 30.1 Å². The quantitative estimate of drug-likeness (QED) is 0.654. The maximum Gasteiger partial charge on any atom is 0.507 e. The first-order valence-corrected chi connectivity index (χ1v) is 5.87. The van der Waals surface area contributed by atoms with Gasteiger partial charge in [0, 0.05) is 19.2 Å². The monoisotopic (exact) mass is 249 g/mol. The Kier molecular flexibility index (Phi) is 4.11. The molecule has 1 atom stereocenters. The van der Waals surface area contributed by atoms with Crippen LogP contribution in [0.3, 0.4) is 0 Å². The van der Waals surface area contributed by atoms with Crippen LogP contribution in [0.4, 0.5) is 4.79 Å². The Morgan fingerprint density at radius 2 is 2.44 bits per heavy atom. The van der Waals surface area contributed by atoms with E-state index < -0.39 is 12.4 Å². The average molecular weight is 249 g/mol. The van der Waals surface area contributed by atoms with Crippen molar-refractivity contribution in [2.75, 3.05) is 6.54 Å². The van der Waals surface area contributed by atoms with Gasteiger partial charge in [0.25, 0.3) is 0 Å². The molecule has 1 aromatic heterocycles. The second kappa shape index (κ2) is 6.00. The zero-order valence-electron chi connectivity index (χ0n) is 9.90. The third-order valence-electron chi connectivity index (χ3n) is 2.68. The van der Waals surface area contributed by atoms with Gasteiger partial charge in [0.1, 0.15) is 0 Å². The minimum atomic E-state index is -1.26. The first-order chi connectivity index (χ1) is 8.75. The van der Waals surface area contributed by atoms with Gasteiger partial charge in [0.2, 0.25) is 0 Å². The van der Waals surface area contributed by atoms with Crippen LogP contribution in [0.2, 0.25) is 0 Å². The predicted octanol–water partition coefficient (Wildman–Crippen LogP) is 1.92. The van der Waals surface area contributed by atoms with Crippen LogP contribution in [0.25, 0.3) is 0 Å². The molecule has 0 aliphatic carbocycles. The van der Waals surface area contributed by atoms with Gasteiger partial charge in [-0.25, -0.2) is 4.79 Å². The molecule has 0 bridgehead atoms. The van der Waals surface area contributed by atoms with Crippen LogP contribution in [0.1, 0.15) is 25.0 Å². The highest BCUT2D eigenvalue weighted by atomic mass is 16.7. The van der Waals surface area contributed by atoms with Crippen LogP contribution < -0.4 is 0 Å². The molecule has 0 aromatic carbocycles. The fraction of sp³-hybridized carbons (Fsp3) is 0.417. The van der Waals surface area contributed by atoms with Gasteiger partial charge in [-0.05, 0) is 25.0 Å².